The second-order valence-electron chi connectivity index (χ2n) is 8.81. The van der Waals surface area contributed by atoms with Crippen LogP contribution >= 0.6 is 11.3 Å². The lowest BCUT2D eigenvalue weighted by atomic mass is 10.2. The molecule has 202 valence electrons. The molecule has 9 nitrogen and oxygen atoms in total. The fraction of sp³-hybridized carbons (Fsp3) is 0.133. The highest BCUT2D eigenvalue weighted by molar-refractivity contribution is 7.19. The molecular formula is C30H26N4O5S. The maximum Gasteiger partial charge on any atom is 0.274 e. The molecule has 0 aliphatic heterocycles. The van der Waals surface area contributed by atoms with Crippen molar-refractivity contribution in [3.8, 4) is 17.2 Å². The first-order valence-corrected chi connectivity index (χ1v) is 13.4. The van der Waals surface area contributed by atoms with Gasteiger partial charge in [0.2, 0.25) is 0 Å². The summed E-state index contributed by atoms with van der Waals surface area (Å²) in [6.07, 6.45) is 1.41. The normalized spacial score (nSPS) is 10.8. The summed E-state index contributed by atoms with van der Waals surface area (Å²) in [5.41, 5.74) is 1.03. The van der Waals surface area contributed by atoms with Crippen molar-refractivity contribution in [2.45, 2.75) is 19.8 Å². The van der Waals surface area contributed by atoms with Crippen molar-refractivity contribution < 1.29 is 19.1 Å². The lowest BCUT2D eigenvalue weighted by Gasteiger charge is -2.10. The third kappa shape index (κ3) is 5.87. The molecule has 0 unspecified atom stereocenters. The van der Waals surface area contributed by atoms with E-state index in [2.05, 4.69) is 15.6 Å². The van der Waals surface area contributed by atoms with Crippen molar-refractivity contribution in [3.05, 3.63) is 112 Å². The van der Waals surface area contributed by atoms with Gasteiger partial charge in [0.15, 0.2) is 4.96 Å². The molecule has 2 aromatic heterocycles. The summed E-state index contributed by atoms with van der Waals surface area (Å²) in [5.74, 6) is 0.678. The van der Waals surface area contributed by atoms with E-state index in [0.29, 0.717) is 40.7 Å². The number of para-hydroxylation sites is 1. The number of anilines is 2. The highest BCUT2D eigenvalue weighted by Gasteiger charge is 2.26. The number of hydrogen-bond acceptors (Lipinski definition) is 7. The minimum atomic E-state index is -0.622. The molecule has 0 bridgehead atoms. The molecule has 2 N–H and O–H groups in total. The molecule has 0 spiro atoms. The lowest BCUT2D eigenvalue weighted by molar-refractivity contribution is 0.0989. The first kappa shape index (κ1) is 26.6. The Morgan fingerprint density at radius 2 is 1.55 bits per heavy atom. The van der Waals surface area contributed by atoms with Crippen molar-refractivity contribution >= 4 is 39.5 Å². The van der Waals surface area contributed by atoms with Gasteiger partial charge in [-0.1, -0.05) is 48.9 Å². The smallest absolute Gasteiger partial charge is 0.274 e. The Kier molecular flexibility index (Phi) is 7.88. The van der Waals surface area contributed by atoms with Crippen LogP contribution in [-0.4, -0.2) is 28.3 Å². The molecule has 5 rings (SSSR count). The molecule has 0 saturated heterocycles. The zero-order chi connectivity index (χ0) is 28.1. The molecular weight excluding hydrogens is 528 g/mol. The van der Waals surface area contributed by atoms with E-state index < -0.39 is 17.4 Å². The number of aromatic nitrogens is 2. The third-order valence-electron chi connectivity index (χ3n) is 5.92. The number of nitrogens with zero attached hydrogens (tertiary/aromatic N) is 2. The van der Waals surface area contributed by atoms with Crippen molar-refractivity contribution in [2.75, 3.05) is 17.7 Å². The molecule has 5 aromatic rings. The van der Waals surface area contributed by atoms with Crippen LogP contribution in [-0.2, 0) is 6.42 Å². The van der Waals surface area contributed by atoms with E-state index in [1.807, 2.05) is 37.3 Å². The van der Waals surface area contributed by atoms with Crippen LogP contribution in [0.3, 0.4) is 0 Å². The van der Waals surface area contributed by atoms with Gasteiger partial charge < -0.3 is 20.1 Å². The fourth-order valence-corrected chi connectivity index (χ4v) is 5.12. The molecule has 10 heteroatoms. The van der Waals surface area contributed by atoms with Crippen LogP contribution in [0.5, 0.6) is 17.2 Å². The average Bonchev–Trinajstić information content (AvgIpc) is 3.35. The second-order valence-corrected chi connectivity index (χ2v) is 9.79. The number of amides is 2. The van der Waals surface area contributed by atoms with E-state index in [4.69, 9.17) is 9.47 Å². The minimum Gasteiger partial charge on any atom is -0.497 e. The Balaban J connectivity index is 1.47. The molecule has 0 aliphatic rings. The van der Waals surface area contributed by atoms with E-state index in [0.717, 1.165) is 17.8 Å². The number of rotatable bonds is 9. The van der Waals surface area contributed by atoms with Crippen molar-refractivity contribution in [1.29, 1.82) is 0 Å². The number of fused-ring (bicyclic) bond motifs is 1. The molecule has 40 heavy (non-hydrogen) atoms. The van der Waals surface area contributed by atoms with Gasteiger partial charge >= 0.3 is 0 Å². The van der Waals surface area contributed by atoms with Gasteiger partial charge in [-0.25, -0.2) is 9.38 Å². The molecule has 2 heterocycles. The summed E-state index contributed by atoms with van der Waals surface area (Å²) < 4.78 is 12.2. The van der Waals surface area contributed by atoms with Gasteiger partial charge in [0, 0.05) is 29.2 Å². The number of methoxy groups -OCH3 is 1. The van der Waals surface area contributed by atoms with Gasteiger partial charge in [-0.2, -0.15) is 0 Å². The number of benzene rings is 3. The first-order valence-electron chi connectivity index (χ1n) is 12.6. The summed E-state index contributed by atoms with van der Waals surface area (Å²) in [5, 5.41) is 5.59. The fourth-order valence-electron chi connectivity index (χ4n) is 4.07. The Labute approximate surface area is 234 Å². The van der Waals surface area contributed by atoms with Gasteiger partial charge in [-0.15, -0.1) is 0 Å². The molecule has 0 atom stereocenters. The molecule has 0 radical (unpaired) electrons. The van der Waals surface area contributed by atoms with Crippen LogP contribution in [0.25, 0.3) is 4.96 Å². The Hall–Kier alpha value is -4.96. The number of carbonyl (C=O) groups is 2. The SMILES string of the molecule is CCCc1cc(=O)n2c(C(=O)Nc3cccc(OC)c3)c(C(=O)Nc3ccc(Oc4ccccc4)cc3)sc2n1. The number of nitrogens with one attached hydrogen (secondary N) is 2. The van der Waals surface area contributed by atoms with Crippen molar-refractivity contribution in [2.24, 2.45) is 0 Å². The zero-order valence-corrected chi connectivity index (χ0v) is 22.7. The number of aryl methyl sites for hydroxylation is 1. The molecule has 0 fully saturated rings. The Morgan fingerprint density at radius 1 is 0.850 bits per heavy atom. The summed E-state index contributed by atoms with van der Waals surface area (Å²) in [7, 11) is 1.52. The quantitative estimate of drug-likeness (QED) is 0.231. The topological polar surface area (TPSA) is 111 Å². The zero-order valence-electron chi connectivity index (χ0n) is 21.8. The molecule has 2 amide bonds. The van der Waals surface area contributed by atoms with Crippen LogP contribution in [0, 0.1) is 0 Å². The monoisotopic (exact) mass is 554 g/mol. The van der Waals surface area contributed by atoms with E-state index in [9.17, 15) is 14.4 Å². The Bertz CT molecular complexity index is 1730. The largest absolute Gasteiger partial charge is 0.497 e. The molecule has 0 aliphatic carbocycles. The van der Waals surface area contributed by atoms with Gasteiger partial charge in [-0.05, 0) is 55.0 Å². The second kappa shape index (κ2) is 11.8. The third-order valence-corrected chi connectivity index (χ3v) is 6.96. The highest BCUT2D eigenvalue weighted by atomic mass is 32.1. The number of carbonyl (C=O) groups excluding carboxylic acids is 2. The Morgan fingerprint density at radius 3 is 2.27 bits per heavy atom. The van der Waals surface area contributed by atoms with E-state index in [1.54, 1.807) is 48.5 Å². The summed E-state index contributed by atoms with van der Waals surface area (Å²) in [4.78, 5) is 45.0. The molecule has 0 saturated carbocycles. The lowest BCUT2D eigenvalue weighted by Crippen LogP contribution is -2.25. The van der Waals surface area contributed by atoms with Crippen LogP contribution in [0.2, 0.25) is 0 Å². The standard InChI is InChI=1S/C30H26N4O5S/c1-3-8-20-18-25(35)34-26(28(36)32-21-9-7-12-24(17-21)38-2)27(40-30(34)33-20)29(37)31-19-13-15-23(16-14-19)39-22-10-5-4-6-11-22/h4-7,9-18H,3,8H2,1-2H3,(H,31,37)(H,32,36). The maximum atomic E-state index is 13.5. The maximum absolute atomic E-state index is 13.5. The van der Waals surface area contributed by atoms with Crippen LogP contribution in [0.1, 0.15) is 39.2 Å². The van der Waals surface area contributed by atoms with Gasteiger partial charge in [0.1, 0.15) is 27.8 Å². The van der Waals surface area contributed by atoms with Crippen molar-refractivity contribution in [3.63, 3.8) is 0 Å². The number of ether oxygens (including phenoxy) is 2. The van der Waals surface area contributed by atoms with Gasteiger partial charge in [-0.3, -0.25) is 14.4 Å². The summed E-state index contributed by atoms with van der Waals surface area (Å²) >= 11 is 0.987. The number of hydrogen-bond donors (Lipinski definition) is 2. The summed E-state index contributed by atoms with van der Waals surface area (Å²) in [6, 6.07) is 24.4. The van der Waals surface area contributed by atoms with E-state index >= 15 is 0 Å². The summed E-state index contributed by atoms with van der Waals surface area (Å²) in [6.45, 7) is 1.99. The van der Waals surface area contributed by atoms with Gasteiger partial charge in [0.25, 0.3) is 17.4 Å². The predicted octanol–water partition coefficient (Wildman–Crippen LogP) is 6.01. The molecule has 3 aromatic carbocycles. The van der Waals surface area contributed by atoms with Crippen LogP contribution < -0.4 is 25.7 Å². The number of thiazole rings is 1. The van der Waals surface area contributed by atoms with Crippen LogP contribution in [0.15, 0.2) is 89.7 Å². The van der Waals surface area contributed by atoms with Crippen LogP contribution in [0.4, 0.5) is 11.4 Å². The van der Waals surface area contributed by atoms with Crippen molar-refractivity contribution in [1.82, 2.24) is 9.38 Å². The minimum absolute atomic E-state index is 0.0586. The highest BCUT2D eigenvalue weighted by Crippen LogP contribution is 2.27. The first-order chi connectivity index (χ1) is 19.4. The average molecular weight is 555 g/mol. The van der Waals surface area contributed by atoms with E-state index in [-0.39, 0.29) is 15.5 Å². The van der Waals surface area contributed by atoms with E-state index in [1.165, 1.54) is 17.6 Å². The predicted molar refractivity (Wildman–Crippen MR) is 155 cm³/mol. The van der Waals surface area contributed by atoms with Gasteiger partial charge in [0.05, 0.1) is 7.11 Å².